The van der Waals surface area contributed by atoms with Crippen LogP contribution in [-0.2, 0) is 17.8 Å². The van der Waals surface area contributed by atoms with Crippen LogP contribution in [0.25, 0.3) is 11.4 Å². The maximum Gasteiger partial charge on any atom is 0.216 e. The van der Waals surface area contributed by atoms with E-state index in [1.807, 2.05) is 24.3 Å². The number of nitrogens with zero attached hydrogens (tertiary/aromatic N) is 4. The Bertz CT molecular complexity index is 969. The number of carbonyl (C=O) groups is 2. The number of hydrogen-bond acceptors (Lipinski definition) is 5. The van der Waals surface area contributed by atoms with Gasteiger partial charge in [-0.25, -0.2) is 0 Å². The van der Waals surface area contributed by atoms with Crippen LogP contribution in [0.5, 0.6) is 0 Å². The van der Waals surface area contributed by atoms with E-state index in [4.69, 9.17) is 11.6 Å². The van der Waals surface area contributed by atoms with Crippen molar-refractivity contribution in [1.29, 1.82) is 0 Å². The number of benzene rings is 2. The molecule has 1 aromatic heterocycles. The third-order valence-electron chi connectivity index (χ3n) is 4.14. The maximum atomic E-state index is 12.5. The monoisotopic (exact) mass is 397 g/mol. The molecule has 0 bridgehead atoms. The van der Waals surface area contributed by atoms with Crippen LogP contribution in [-0.4, -0.2) is 38.4 Å². The minimum atomic E-state index is -0.104. The Kier molecular flexibility index (Phi) is 6.49. The molecule has 0 unspecified atom stereocenters. The number of carbonyl (C=O) groups excluding carboxylic acids is 2. The molecule has 0 aliphatic rings. The summed E-state index contributed by atoms with van der Waals surface area (Å²) >= 11 is 6.14. The zero-order valence-corrected chi connectivity index (χ0v) is 16.2. The zero-order chi connectivity index (χ0) is 19.9. The summed E-state index contributed by atoms with van der Waals surface area (Å²) in [7, 11) is 0. The molecule has 0 spiro atoms. The summed E-state index contributed by atoms with van der Waals surface area (Å²) in [5, 5.41) is 15.5. The van der Waals surface area contributed by atoms with Crippen LogP contribution >= 0.6 is 11.6 Å². The minimum Gasteiger partial charge on any atom is -0.356 e. The molecule has 7 nitrogen and oxygen atoms in total. The predicted molar refractivity (Wildman–Crippen MR) is 106 cm³/mol. The summed E-state index contributed by atoms with van der Waals surface area (Å²) in [6.07, 6.45) is 1.68. The van der Waals surface area contributed by atoms with E-state index in [2.05, 4.69) is 20.7 Å². The number of nitrogens with one attached hydrogen (secondary N) is 1. The van der Waals surface area contributed by atoms with E-state index in [-0.39, 0.29) is 18.2 Å². The van der Waals surface area contributed by atoms with E-state index in [9.17, 15) is 9.59 Å². The molecule has 28 heavy (non-hydrogen) atoms. The fourth-order valence-corrected chi connectivity index (χ4v) is 2.91. The Hall–Kier alpha value is -3.06. The second-order valence-corrected chi connectivity index (χ2v) is 6.74. The van der Waals surface area contributed by atoms with Gasteiger partial charge in [-0.05, 0) is 35.8 Å². The molecule has 1 heterocycles. The fourth-order valence-electron chi connectivity index (χ4n) is 2.69. The lowest BCUT2D eigenvalue weighted by Crippen LogP contribution is -2.21. The third kappa shape index (κ3) is 5.23. The average Bonchev–Trinajstić information content (AvgIpc) is 3.14. The smallest absolute Gasteiger partial charge is 0.216 e. The molecule has 0 aliphatic carbocycles. The van der Waals surface area contributed by atoms with Crippen LogP contribution in [0.4, 0.5) is 0 Å². The van der Waals surface area contributed by atoms with Gasteiger partial charge >= 0.3 is 0 Å². The minimum absolute atomic E-state index is 0.000664. The molecule has 0 atom stereocenters. The number of ketones is 1. The predicted octanol–water partition coefficient (Wildman–Crippen LogP) is 2.95. The van der Waals surface area contributed by atoms with Gasteiger partial charge in [0, 0.05) is 24.6 Å². The summed E-state index contributed by atoms with van der Waals surface area (Å²) in [6.45, 7) is 2.14. The van der Waals surface area contributed by atoms with E-state index in [1.54, 1.807) is 24.3 Å². The first-order valence-electron chi connectivity index (χ1n) is 8.92. The summed E-state index contributed by atoms with van der Waals surface area (Å²) in [5.74, 6) is 0.251. The summed E-state index contributed by atoms with van der Waals surface area (Å²) < 4.78 is 0. The Labute approximate surface area is 167 Å². The highest BCUT2D eigenvalue weighted by atomic mass is 35.5. The molecule has 2 aromatic carbocycles. The second kappa shape index (κ2) is 9.23. The number of amides is 1. The molecule has 1 amide bonds. The van der Waals surface area contributed by atoms with Crippen LogP contribution in [0.3, 0.4) is 0 Å². The number of rotatable bonds is 8. The third-order valence-corrected chi connectivity index (χ3v) is 4.47. The normalized spacial score (nSPS) is 10.6. The molecular weight excluding hydrogens is 378 g/mol. The lowest BCUT2D eigenvalue weighted by molar-refractivity contribution is -0.118. The zero-order valence-electron chi connectivity index (χ0n) is 15.4. The van der Waals surface area contributed by atoms with Gasteiger partial charge in [-0.15, -0.1) is 10.2 Å². The van der Waals surface area contributed by atoms with Gasteiger partial charge in [-0.1, -0.05) is 48.0 Å². The van der Waals surface area contributed by atoms with Gasteiger partial charge in [0.15, 0.2) is 5.78 Å². The van der Waals surface area contributed by atoms with Gasteiger partial charge in [-0.2, -0.15) is 4.80 Å². The molecule has 0 fully saturated rings. The largest absolute Gasteiger partial charge is 0.356 e. The van der Waals surface area contributed by atoms with Crippen molar-refractivity contribution in [1.82, 2.24) is 25.5 Å². The quantitative estimate of drug-likeness (QED) is 0.466. The van der Waals surface area contributed by atoms with Crippen molar-refractivity contribution in [2.75, 3.05) is 6.54 Å². The number of Topliss-reactive ketones (excluding diaryl/α,β-unsaturated/α-hetero) is 1. The molecule has 0 saturated heterocycles. The van der Waals surface area contributed by atoms with Crippen LogP contribution in [0.1, 0.15) is 29.3 Å². The number of halogens is 1. The highest BCUT2D eigenvalue weighted by Crippen LogP contribution is 2.23. The lowest BCUT2D eigenvalue weighted by atomic mass is 10.1. The van der Waals surface area contributed by atoms with Crippen molar-refractivity contribution in [3.05, 3.63) is 64.7 Å². The first kappa shape index (κ1) is 19.7. The van der Waals surface area contributed by atoms with Gasteiger partial charge in [0.05, 0.1) is 5.02 Å². The Morgan fingerprint density at radius 1 is 1.11 bits per heavy atom. The van der Waals surface area contributed by atoms with Crippen LogP contribution < -0.4 is 5.32 Å². The topological polar surface area (TPSA) is 89.8 Å². The molecular formula is C20H20ClN5O2. The summed E-state index contributed by atoms with van der Waals surface area (Å²) in [4.78, 5) is 24.6. The van der Waals surface area contributed by atoms with Crippen molar-refractivity contribution in [2.24, 2.45) is 0 Å². The number of aryl methyl sites for hydroxylation is 1. The molecule has 0 aliphatic heterocycles. The van der Waals surface area contributed by atoms with Crippen molar-refractivity contribution in [2.45, 2.75) is 26.3 Å². The first-order valence-corrected chi connectivity index (χ1v) is 9.30. The Balaban J connectivity index is 1.58. The molecule has 144 valence electrons. The molecule has 3 aromatic rings. The van der Waals surface area contributed by atoms with Gasteiger partial charge in [0.25, 0.3) is 0 Å². The summed E-state index contributed by atoms with van der Waals surface area (Å²) in [6, 6.07) is 14.6. The van der Waals surface area contributed by atoms with Crippen LogP contribution in [0, 0.1) is 0 Å². The van der Waals surface area contributed by atoms with Crippen LogP contribution in [0.15, 0.2) is 48.5 Å². The van der Waals surface area contributed by atoms with Gasteiger partial charge in [0.2, 0.25) is 11.7 Å². The number of tetrazole rings is 1. The van der Waals surface area contributed by atoms with E-state index < -0.39 is 0 Å². The SMILES string of the molecule is CC(=O)NCCCc1ccc(C(=O)Cn2nnc(-c3ccccc3Cl)n2)cc1. The van der Waals surface area contributed by atoms with E-state index in [0.717, 1.165) is 18.4 Å². The van der Waals surface area contributed by atoms with Gasteiger partial charge in [-0.3, -0.25) is 9.59 Å². The highest BCUT2D eigenvalue weighted by Gasteiger charge is 2.13. The van der Waals surface area contributed by atoms with Crippen molar-refractivity contribution in [3.63, 3.8) is 0 Å². The second-order valence-electron chi connectivity index (χ2n) is 6.33. The summed E-state index contributed by atoms with van der Waals surface area (Å²) in [5.41, 5.74) is 2.37. The molecule has 8 heteroatoms. The fraction of sp³-hybridized carbons (Fsp3) is 0.250. The highest BCUT2D eigenvalue weighted by molar-refractivity contribution is 6.33. The van der Waals surface area contributed by atoms with E-state index in [0.29, 0.717) is 28.5 Å². The van der Waals surface area contributed by atoms with Gasteiger partial charge < -0.3 is 5.32 Å². The maximum absolute atomic E-state index is 12.5. The van der Waals surface area contributed by atoms with E-state index >= 15 is 0 Å². The van der Waals surface area contributed by atoms with Gasteiger partial charge in [0.1, 0.15) is 6.54 Å². The molecule has 0 radical (unpaired) electrons. The average molecular weight is 398 g/mol. The standard InChI is InChI=1S/C20H20ClN5O2/c1-14(27)22-12-4-5-15-8-10-16(11-9-15)19(28)13-26-24-20(23-25-26)17-6-2-3-7-18(17)21/h2-3,6-11H,4-5,12-13H2,1H3,(H,22,27). The van der Waals surface area contributed by atoms with Crippen molar-refractivity contribution >= 4 is 23.3 Å². The molecule has 0 saturated carbocycles. The molecule has 1 N–H and O–H groups in total. The first-order chi connectivity index (χ1) is 13.5. The number of hydrogen-bond donors (Lipinski definition) is 1. The van der Waals surface area contributed by atoms with Crippen molar-refractivity contribution < 1.29 is 9.59 Å². The number of aromatic nitrogens is 4. The Morgan fingerprint density at radius 2 is 1.86 bits per heavy atom. The van der Waals surface area contributed by atoms with E-state index in [1.165, 1.54) is 11.7 Å². The molecule has 3 rings (SSSR count). The van der Waals surface area contributed by atoms with Crippen LogP contribution in [0.2, 0.25) is 5.02 Å². The van der Waals surface area contributed by atoms with Crippen molar-refractivity contribution in [3.8, 4) is 11.4 Å². The Morgan fingerprint density at radius 3 is 2.57 bits per heavy atom. The lowest BCUT2D eigenvalue weighted by Gasteiger charge is -2.04.